The van der Waals surface area contributed by atoms with Crippen molar-refractivity contribution >= 4 is 28.3 Å². The number of hydrogen-bond acceptors (Lipinski definition) is 2. The summed E-state index contributed by atoms with van der Waals surface area (Å²) < 4.78 is 5.66. The van der Waals surface area contributed by atoms with E-state index in [9.17, 15) is 0 Å². The summed E-state index contributed by atoms with van der Waals surface area (Å²) in [5.41, 5.74) is 6.07. The van der Waals surface area contributed by atoms with E-state index in [0.29, 0.717) is 16.3 Å². The Morgan fingerprint density at radius 2 is 2.33 bits per heavy atom. The van der Waals surface area contributed by atoms with Crippen LogP contribution in [0.1, 0.15) is 19.3 Å². The second kappa shape index (κ2) is 3.82. The van der Waals surface area contributed by atoms with Crippen LogP contribution in [0, 0.1) is 5.41 Å². The molecule has 1 heterocycles. The van der Waals surface area contributed by atoms with Gasteiger partial charge in [-0.15, -0.1) is 12.4 Å². The van der Waals surface area contributed by atoms with Crippen molar-refractivity contribution in [3.8, 4) is 0 Å². The molecule has 0 aromatic rings. The molecule has 2 N–H and O–H groups in total. The van der Waals surface area contributed by atoms with Crippen LogP contribution in [0.4, 0.5) is 0 Å². The first-order chi connectivity index (χ1) is 5.26. The van der Waals surface area contributed by atoms with Crippen molar-refractivity contribution in [2.75, 3.05) is 13.2 Å². The molecule has 2 aliphatic rings. The molecule has 2 rings (SSSR count). The molecule has 2 nitrogen and oxygen atoms in total. The molecule has 1 saturated carbocycles. The van der Waals surface area contributed by atoms with Crippen molar-refractivity contribution in [3.63, 3.8) is 0 Å². The van der Waals surface area contributed by atoms with E-state index < -0.39 is 0 Å². The fourth-order valence-electron chi connectivity index (χ4n) is 2.11. The Morgan fingerprint density at radius 3 is 3.00 bits per heavy atom. The van der Waals surface area contributed by atoms with E-state index in [1.165, 1.54) is 19.3 Å². The zero-order valence-electron chi connectivity index (χ0n) is 6.96. The number of ether oxygens (including phenoxy) is 1. The molecular formula is C8H15BrClNO. The number of fused-ring (bicyclic) bond motifs is 2. The minimum absolute atomic E-state index is 0. The van der Waals surface area contributed by atoms with Crippen molar-refractivity contribution in [2.45, 2.75) is 30.2 Å². The third kappa shape index (κ3) is 1.65. The van der Waals surface area contributed by atoms with Gasteiger partial charge in [-0.25, -0.2) is 0 Å². The lowest BCUT2D eigenvalue weighted by molar-refractivity contribution is 0.108. The van der Waals surface area contributed by atoms with Crippen LogP contribution in [0.5, 0.6) is 0 Å². The van der Waals surface area contributed by atoms with E-state index in [2.05, 4.69) is 15.9 Å². The Morgan fingerprint density at radius 1 is 1.58 bits per heavy atom. The smallest absolute Gasteiger partial charge is 0.0706 e. The average molecular weight is 257 g/mol. The summed E-state index contributed by atoms with van der Waals surface area (Å²) in [6.07, 6.45) is 4.06. The maximum absolute atomic E-state index is 5.73. The van der Waals surface area contributed by atoms with Crippen LogP contribution in [-0.4, -0.2) is 24.1 Å². The summed E-state index contributed by atoms with van der Waals surface area (Å²) >= 11 is 3.63. The summed E-state index contributed by atoms with van der Waals surface area (Å²) in [5.74, 6) is 0. The Kier molecular flexibility index (Phi) is 3.43. The summed E-state index contributed by atoms with van der Waals surface area (Å²) in [4.78, 5) is 0.574. The Balaban J connectivity index is 0.000000720. The van der Waals surface area contributed by atoms with E-state index in [0.717, 1.165) is 13.2 Å². The molecule has 0 spiro atoms. The highest BCUT2D eigenvalue weighted by atomic mass is 79.9. The molecular weight excluding hydrogens is 241 g/mol. The maximum Gasteiger partial charge on any atom is 0.0706 e. The number of rotatable bonds is 1. The fraction of sp³-hybridized carbons (Fsp3) is 1.00. The minimum Gasteiger partial charge on any atom is -0.376 e. The molecule has 0 aromatic carbocycles. The van der Waals surface area contributed by atoms with Crippen molar-refractivity contribution in [1.82, 2.24) is 0 Å². The van der Waals surface area contributed by atoms with Crippen molar-refractivity contribution in [3.05, 3.63) is 0 Å². The first-order valence-electron chi connectivity index (χ1n) is 4.21. The van der Waals surface area contributed by atoms with Crippen LogP contribution in [0.25, 0.3) is 0 Å². The molecule has 1 aliphatic carbocycles. The molecule has 72 valence electrons. The Bertz CT molecular complexity index is 169. The van der Waals surface area contributed by atoms with E-state index in [-0.39, 0.29) is 12.4 Å². The van der Waals surface area contributed by atoms with Crippen LogP contribution in [0.2, 0.25) is 0 Å². The predicted molar refractivity (Wildman–Crippen MR) is 55.0 cm³/mol. The topological polar surface area (TPSA) is 35.2 Å². The molecule has 0 amide bonds. The lowest BCUT2D eigenvalue weighted by Crippen LogP contribution is -2.36. The van der Waals surface area contributed by atoms with Gasteiger partial charge in [-0.2, -0.15) is 0 Å². The Hall–Kier alpha value is 0.690. The zero-order valence-corrected chi connectivity index (χ0v) is 9.36. The van der Waals surface area contributed by atoms with Gasteiger partial charge >= 0.3 is 0 Å². The first-order valence-corrected chi connectivity index (χ1v) is 5.13. The second-order valence-electron chi connectivity index (χ2n) is 3.81. The largest absolute Gasteiger partial charge is 0.376 e. The molecule has 2 bridgehead atoms. The van der Waals surface area contributed by atoms with E-state index in [4.69, 9.17) is 10.5 Å². The zero-order chi connectivity index (χ0) is 7.90. The van der Waals surface area contributed by atoms with E-state index in [1.807, 2.05) is 0 Å². The van der Waals surface area contributed by atoms with Crippen LogP contribution in [0.15, 0.2) is 0 Å². The molecule has 1 unspecified atom stereocenters. The number of alkyl halides is 1. The molecule has 1 aliphatic heterocycles. The van der Waals surface area contributed by atoms with Gasteiger partial charge < -0.3 is 10.5 Å². The van der Waals surface area contributed by atoms with Gasteiger partial charge in [-0.3, -0.25) is 0 Å². The maximum atomic E-state index is 5.73. The summed E-state index contributed by atoms with van der Waals surface area (Å²) in [7, 11) is 0. The third-order valence-corrected chi connectivity index (χ3v) is 4.07. The number of hydrogen-bond donors (Lipinski definition) is 1. The molecule has 3 atom stereocenters. The SMILES string of the molecule is Cl.NCC12CC[C@@H](Br)[C@@H](C1)OC2. The highest BCUT2D eigenvalue weighted by Gasteiger charge is 2.45. The normalized spacial score (nSPS) is 45.5. The molecule has 0 aromatic heterocycles. The van der Waals surface area contributed by atoms with Gasteiger partial charge in [0.15, 0.2) is 0 Å². The van der Waals surface area contributed by atoms with Crippen LogP contribution in [0.3, 0.4) is 0 Å². The standard InChI is InChI=1S/C8H14BrNO.ClH/c9-6-1-2-8(4-10)3-7(6)11-5-8;/h6-7H,1-5,10H2;1H/t6-,7-,8?;/m1./s1. The third-order valence-electron chi connectivity index (χ3n) is 3.02. The lowest BCUT2D eigenvalue weighted by atomic mass is 9.76. The predicted octanol–water partition coefficient (Wildman–Crippen LogP) is 1.70. The number of halogens is 2. The minimum atomic E-state index is 0. The highest BCUT2D eigenvalue weighted by Crippen LogP contribution is 2.45. The van der Waals surface area contributed by atoms with Crippen LogP contribution < -0.4 is 5.73 Å². The number of nitrogens with two attached hydrogens (primary N) is 1. The molecule has 12 heavy (non-hydrogen) atoms. The van der Waals surface area contributed by atoms with Gasteiger partial charge in [0.05, 0.1) is 12.7 Å². The van der Waals surface area contributed by atoms with E-state index >= 15 is 0 Å². The summed E-state index contributed by atoms with van der Waals surface area (Å²) in [6.45, 7) is 1.68. The second-order valence-corrected chi connectivity index (χ2v) is 4.99. The van der Waals surface area contributed by atoms with Gasteiger partial charge in [-0.05, 0) is 19.3 Å². The van der Waals surface area contributed by atoms with Crippen LogP contribution >= 0.6 is 28.3 Å². The van der Waals surface area contributed by atoms with Crippen LogP contribution in [-0.2, 0) is 4.74 Å². The Labute approximate surface area is 87.8 Å². The molecule has 1 saturated heterocycles. The van der Waals surface area contributed by atoms with E-state index in [1.54, 1.807) is 0 Å². The van der Waals surface area contributed by atoms with Gasteiger partial charge in [0.1, 0.15) is 0 Å². The van der Waals surface area contributed by atoms with Gasteiger partial charge in [0.25, 0.3) is 0 Å². The average Bonchev–Trinajstić information content (AvgIpc) is 2.40. The van der Waals surface area contributed by atoms with Gasteiger partial charge in [-0.1, -0.05) is 15.9 Å². The summed E-state index contributed by atoms with van der Waals surface area (Å²) in [5, 5.41) is 0. The lowest BCUT2D eigenvalue weighted by Gasteiger charge is -2.31. The fourth-order valence-corrected chi connectivity index (χ4v) is 2.68. The van der Waals surface area contributed by atoms with Crippen molar-refractivity contribution in [1.29, 1.82) is 0 Å². The quantitative estimate of drug-likeness (QED) is 0.725. The molecule has 2 fully saturated rings. The molecule has 4 heteroatoms. The molecule has 0 radical (unpaired) electrons. The van der Waals surface area contributed by atoms with Gasteiger partial charge in [0, 0.05) is 16.8 Å². The van der Waals surface area contributed by atoms with Crippen molar-refractivity contribution < 1.29 is 4.74 Å². The monoisotopic (exact) mass is 255 g/mol. The summed E-state index contributed by atoms with van der Waals surface area (Å²) in [6, 6.07) is 0. The van der Waals surface area contributed by atoms with Crippen molar-refractivity contribution in [2.24, 2.45) is 11.1 Å². The van der Waals surface area contributed by atoms with Gasteiger partial charge in [0.2, 0.25) is 0 Å². The first kappa shape index (κ1) is 10.8. The highest BCUT2D eigenvalue weighted by molar-refractivity contribution is 9.09.